The molecule has 134 valence electrons. The molecule has 3 rings (SSSR count). The molecular weight excluding hydrogens is 316 g/mol. The van der Waals surface area contributed by atoms with Gasteiger partial charge >= 0.3 is 0 Å². The second kappa shape index (κ2) is 8.11. The highest BCUT2D eigenvalue weighted by atomic mass is 16.5. The predicted molar refractivity (Wildman–Crippen MR) is 97.3 cm³/mol. The molecule has 2 aromatic rings. The van der Waals surface area contributed by atoms with Gasteiger partial charge in [-0.15, -0.1) is 10.2 Å². The van der Waals surface area contributed by atoms with Crippen molar-refractivity contribution in [2.24, 2.45) is 12.0 Å². The fourth-order valence-electron chi connectivity index (χ4n) is 3.00. The van der Waals surface area contributed by atoms with E-state index >= 15 is 0 Å². The van der Waals surface area contributed by atoms with Crippen LogP contribution in [0.25, 0.3) is 0 Å². The molecule has 2 heterocycles. The summed E-state index contributed by atoms with van der Waals surface area (Å²) in [7, 11) is 1.93. The van der Waals surface area contributed by atoms with Crippen molar-refractivity contribution in [3.05, 3.63) is 47.5 Å². The molecule has 0 radical (unpaired) electrons. The van der Waals surface area contributed by atoms with E-state index in [2.05, 4.69) is 58.5 Å². The molecule has 0 amide bonds. The number of aromatic nitrogens is 3. The van der Waals surface area contributed by atoms with Crippen molar-refractivity contribution in [2.45, 2.75) is 26.5 Å². The van der Waals surface area contributed by atoms with Gasteiger partial charge in [0.05, 0.1) is 13.2 Å². The van der Waals surface area contributed by atoms with E-state index in [1.165, 1.54) is 11.1 Å². The molecule has 1 aromatic carbocycles. The topological polar surface area (TPSA) is 67.6 Å². The third-order valence-corrected chi connectivity index (χ3v) is 4.41. The first-order valence-electron chi connectivity index (χ1n) is 8.72. The van der Waals surface area contributed by atoms with E-state index in [4.69, 9.17) is 9.73 Å². The fraction of sp³-hybridized carbons (Fsp3) is 0.500. The Morgan fingerprint density at radius 2 is 2.24 bits per heavy atom. The number of hydrogen-bond donors (Lipinski definition) is 1. The molecule has 25 heavy (non-hydrogen) atoms. The highest BCUT2D eigenvalue weighted by molar-refractivity contribution is 5.80. The summed E-state index contributed by atoms with van der Waals surface area (Å²) in [5.74, 6) is 1.74. The Balaban J connectivity index is 1.74. The van der Waals surface area contributed by atoms with Gasteiger partial charge < -0.3 is 19.5 Å². The van der Waals surface area contributed by atoms with Crippen LogP contribution in [0.1, 0.15) is 30.0 Å². The van der Waals surface area contributed by atoms with Crippen LogP contribution >= 0.6 is 0 Å². The lowest BCUT2D eigenvalue weighted by atomic mass is 10.0. The predicted octanol–water partition coefficient (Wildman–Crippen LogP) is 1.66. The molecule has 7 heteroatoms. The molecule has 7 nitrogen and oxygen atoms in total. The van der Waals surface area contributed by atoms with Crippen LogP contribution in [-0.4, -0.2) is 51.9 Å². The maximum absolute atomic E-state index is 6.02. The number of guanidine groups is 1. The first-order valence-corrected chi connectivity index (χ1v) is 8.72. The summed E-state index contributed by atoms with van der Waals surface area (Å²) in [6, 6.07) is 8.40. The van der Waals surface area contributed by atoms with Crippen molar-refractivity contribution in [2.75, 3.05) is 26.2 Å². The quantitative estimate of drug-likeness (QED) is 0.676. The van der Waals surface area contributed by atoms with Crippen molar-refractivity contribution in [3.8, 4) is 0 Å². The van der Waals surface area contributed by atoms with E-state index in [0.29, 0.717) is 13.2 Å². The zero-order chi connectivity index (χ0) is 17.6. The maximum atomic E-state index is 6.02. The van der Waals surface area contributed by atoms with Crippen LogP contribution in [0.2, 0.25) is 0 Å². The summed E-state index contributed by atoms with van der Waals surface area (Å²) < 4.78 is 7.91. The van der Waals surface area contributed by atoms with Crippen molar-refractivity contribution >= 4 is 5.96 Å². The van der Waals surface area contributed by atoms with Crippen LogP contribution in [0, 0.1) is 6.92 Å². The van der Waals surface area contributed by atoms with Gasteiger partial charge in [0.25, 0.3) is 0 Å². The number of hydrogen-bond acceptors (Lipinski definition) is 4. The summed E-state index contributed by atoms with van der Waals surface area (Å²) in [6.07, 6.45) is 1.76. The van der Waals surface area contributed by atoms with Gasteiger partial charge in [-0.25, -0.2) is 4.99 Å². The number of aryl methyl sites for hydroxylation is 2. The minimum absolute atomic E-state index is 0.0636. The van der Waals surface area contributed by atoms with Crippen LogP contribution in [0.5, 0.6) is 0 Å². The van der Waals surface area contributed by atoms with Crippen molar-refractivity contribution < 1.29 is 4.74 Å². The number of nitrogens with one attached hydrogen (secondary N) is 1. The largest absolute Gasteiger partial charge is 0.370 e. The molecule has 1 aromatic heterocycles. The van der Waals surface area contributed by atoms with Crippen molar-refractivity contribution in [1.82, 2.24) is 25.0 Å². The lowest BCUT2D eigenvalue weighted by molar-refractivity contribution is -0.00834. The third kappa shape index (κ3) is 4.17. The van der Waals surface area contributed by atoms with Crippen LogP contribution in [0.15, 0.2) is 35.6 Å². The molecule has 1 atom stereocenters. The van der Waals surface area contributed by atoms with Gasteiger partial charge in [-0.2, -0.15) is 0 Å². The van der Waals surface area contributed by atoms with E-state index in [0.717, 1.165) is 31.4 Å². The number of ether oxygens (including phenoxy) is 1. The average molecular weight is 342 g/mol. The minimum Gasteiger partial charge on any atom is -0.370 e. The first-order chi connectivity index (χ1) is 12.2. The molecule has 1 saturated heterocycles. The van der Waals surface area contributed by atoms with Gasteiger partial charge in [0.15, 0.2) is 11.8 Å². The molecule has 1 N–H and O–H groups in total. The van der Waals surface area contributed by atoms with Gasteiger partial charge in [-0.05, 0) is 25.0 Å². The number of morpholine rings is 1. The SMILES string of the molecule is CCNC(=NCc1nncn1C)N1CCOC(c2ccccc2C)C1. The van der Waals surface area contributed by atoms with Crippen LogP contribution in [0.4, 0.5) is 0 Å². The fourth-order valence-corrected chi connectivity index (χ4v) is 3.00. The van der Waals surface area contributed by atoms with Gasteiger partial charge in [-0.3, -0.25) is 0 Å². The van der Waals surface area contributed by atoms with Crippen LogP contribution < -0.4 is 5.32 Å². The molecule has 1 fully saturated rings. The highest BCUT2D eigenvalue weighted by Gasteiger charge is 2.25. The van der Waals surface area contributed by atoms with Crippen LogP contribution in [0.3, 0.4) is 0 Å². The van der Waals surface area contributed by atoms with Gasteiger partial charge in [0, 0.05) is 20.1 Å². The molecule has 1 aliphatic rings. The molecule has 0 bridgehead atoms. The second-order valence-electron chi connectivity index (χ2n) is 6.19. The van der Waals surface area contributed by atoms with Gasteiger partial charge in [-0.1, -0.05) is 24.3 Å². The monoisotopic (exact) mass is 342 g/mol. The van der Waals surface area contributed by atoms with E-state index in [1.54, 1.807) is 6.33 Å². The molecule has 0 saturated carbocycles. The van der Waals surface area contributed by atoms with E-state index in [-0.39, 0.29) is 6.10 Å². The normalized spacial score (nSPS) is 18.4. The Labute approximate surface area is 148 Å². The summed E-state index contributed by atoms with van der Waals surface area (Å²) >= 11 is 0. The molecule has 0 aliphatic carbocycles. The Morgan fingerprint density at radius 3 is 2.96 bits per heavy atom. The third-order valence-electron chi connectivity index (χ3n) is 4.41. The van der Waals surface area contributed by atoms with E-state index < -0.39 is 0 Å². The van der Waals surface area contributed by atoms with Crippen molar-refractivity contribution in [1.29, 1.82) is 0 Å². The van der Waals surface area contributed by atoms with E-state index in [9.17, 15) is 0 Å². The Morgan fingerprint density at radius 1 is 1.40 bits per heavy atom. The minimum atomic E-state index is 0.0636. The lowest BCUT2D eigenvalue weighted by Crippen LogP contribution is -2.48. The van der Waals surface area contributed by atoms with Gasteiger partial charge in [0.1, 0.15) is 19.0 Å². The number of aliphatic imine (C=N–C) groups is 1. The number of nitrogens with zero attached hydrogens (tertiary/aromatic N) is 5. The van der Waals surface area contributed by atoms with Gasteiger partial charge in [0.2, 0.25) is 0 Å². The summed E-state index contributed by atoms with van der Waals surface area (Å²) in [5.41, 5.74) is 2.51. The zero-order valence-corrected chi connectivity index (χ0v) is 15.1. The smallest absolute Gasteiger partial charge is 0.194 e. The van der Waals surface area contributed by atoms with Crippen molar-refractivity contribution in [3.63, 3.8) is 0 Å². The molecule has 0 spiro atoms. The lowest BCUT2D eigenvalue weighted by Gasteiger charge is -2.35. The molecule has 1 unspecified atom stereocenters. The molecule has 1 aliphatic heterocycles. The van der Waals surface area contributed by atoms with E-state index in [1.807, 2.05) is 11.6 Å². The molecular formula is C18H26N6O. The highest BCUT2D eigenvalue weighted by Crippen LogP contribution is 2.25. The number of rotatable bonds is 4. The summed E-state index contributed by atoms with van der Waals surface area (Å²) in [5, 5.41) is 11.4. The average Bonchev–Trinajstić information content (AvgIpc) is 3.04. The Bertz CT molecular complexity index is 726. The summed E-state index contributed by atoms with van der Waals surface area (Å²) in [4.78, 5) is 7.01. The second-order valence-corrected chi connectivity index (χ2v) is 6.19. The Kier molecular flexibility index (Phi) is 5.65. The van der Waals surface area contributed by atoms with Crippen LogP contribution in [-0.2, 0) is 18.3 Å². The first kappa shape index (κ1) is 17.4. The maximum Gasteiger partial charge on any atom is 0.194 e. The number of benzene rings is 1. The Hall–Kier alpha value is -2.41. The standard InChI is InChI=1S/C18H26N6O/c1-4-19-18(20-11-17-22-21-13-23(17)3)24-9-10-25-16(12-24)15-8-6-5-7-14(15)2/h5-8,13,16H,4,9-12H2,1-3H3,(H,19,20). The zero-order valence-electron chi connectivity index (χ0n) is 15.1. The summed E-state index contributed by atoms with van der Waals surface area (Å²) in [6.45, 7) is 7.84.